The van der Waals surface area contributed by atoms with Crippen molar-refractivity contribution in [3.8, 4) is 5.75 Å². The van der Waals surface area contributed by atoms with E-state index in [2.05, 4.69) is 10.9 Å². The first-order valence-electron chi connectivity index (χ1n) is 8.89. The Kier molecular flexibility index (Phi) is 6.19. The van der Waals surface area contributed by atoms with Gasteiger partial charge in [0.05, 0.1) is 25.1 Å². The topological polar surface area (TPSA) is 87.7 Å². The van der Waals surface area contributed by atoms with Crippen LogP contribution in [0.2, 0.25) is 5.02 Å². The summed E-state index contributed by atoms with van der Waals surface area (Å²) in [5.74, 6) is -0.859. The number of hydrogen-bond acceptors (Lipinski definition) is 4. The van der Waals surface area contributed by atoms with Gasteiger partial charge in [0.25, 0.3) is 5.91 Å². The van der Waals surface area contributed by atoms with Crippen LogP contribution < -0.4 is 15.6 Å². The lowest BCUT2D eigenvalue weighted by molar-refractivity contribution is -0.130. The SMILES string of the molecule is COc1ccc(Cl)cc1C(=O)NNC(=O)C[C@@H]1c2ccccc2C=CN1C(C)=O. The standard InChI is InChI=1S/C21H20ClN3O4/c1-13(26)25-10-9-14-5-3-4-6-16(14)18(25)12-20(27)23-24-21(28)17-11-15(22)7-8-19(17)29-2/h3-11,18H,12H2,1-2H3,(H,23,27)(H,24,28)/t18-/m1/s1. The Hall–Kier alpha value is -3.32. The third-order valence-electron chi connectivity index (χ3n) is 4.57. The molecule has 0 bridgehead atoms. The first-order chi connectivity index (χ1) is 13.9. The van der Waals surface area contributed by atoms with Crippen LogP contribution in [0.4, 0.5) is 0 Å². The van der Waals surface area contributed by atoms with Crippen LogP contribution in [0.25, 0.3) is 6.08 Å². The van der Waals surface area contributed by atoms with Crippen LogP contribution in [0.3, 0.4) is 0 Å². The van der Waals surface area contributed by atoms with E-state index in [1.807, 2.05) is 30.3 Å². The Morgan fingerprint density at radius 3 is 2.62 bits per heavy atom. The number of rotatable bonds is 4. The number of nitrogens with zero attached hydrogens (tertiary/aromatic N) is 1. The number of methoxy groups -OCH3 is 1. The summed E-state index contributed by atoms with van der Waals surface area (Å²) in [7, 11) is 1.43. The van der Waals surface area contributed by atoms with Gasteiger partial charge in [-0.15, -0.1) is 0 Å². The van der Waals surface area contributed by atoms with E-state index < -0.39 is 17.9 Å². The first kappa shape index (κ1) is 20.4. The summed E-state index contributed by atoms with van der Waals surface area (Å²) in [6.45, 7) is 1.44. The summed E-state index contributed by atoms with van der Waals surface area (Å²) >= 11 is 5.94. The van der Waals surface area contributed by atoms with Gasteiger partial charge in [0.15, 0.2) is 0 Å². The van der Waals surface area contributed by atoms with Crippen LogP contribution in [0, 0.1) is 0 Å². The molecule has 1 atom stereocenters. The van der Waals surface area contributed by atoms with Crippen molar-refractivity contribution >= 4 is 35.4 Å². The summed E-state index contributed by atoms with van der Waals surface area (Å²) < 4.78 is 5.15. The van der Waals surface area contributed by atoms with Crippen LogP contribution in [-0.2, 0) is 9.59 Å². The second-order valence-corrected chi connectivity index (χ2v) is 6.87. The van der Waals surface area contributed by atoms with Gasteiger partial charge in [-0.1, -0.05) is 35.9 Å². The summed E-state index contributed by atoms with van der Waals surface area (Å²) in [5.41, 5.74) is 6.75. The molecule has 3 amide bonds. The Balaban J connectivity index is 1.70. The smallest absolute Gasteiger partial charge is 0.273 e. The molecule has 1 heterocycles. The van der Waals surface area contributed by atoms with Gasteiger partial charge < -0.3 is 9.64 Å². The highest BCUT2D eigenvalue weighted by Gasteiger charge is 2.28. The molecule has 2 N–H and O–H groups in total. The summed E-state index contributed by atoms with van der Waals surface area (Å²) in [6.07, 6.45) is 3.48. The third kappa shape index (κ3) is 4.57. The lowest BCUT2D eigenvalue weighted by atomic mass is 9.93. The molecule has 29 heavy (non-hydrogen) atoms. The van der Waals surface area contributed by atoms with Crippen LogP contribution in [0.1, 0.15) is 40.9 Å². The number of ether oxygens (including phenoxy) is 1. The van der Waals surface area contributed by atoms with Crippen molar-refractivity contribution in [2.45, 2.75) is 19.4 Å². The van der Waals surface area contributed by atoms with Crippen molar-refractivity contribution in [3.05, 3.63) is 70.4 Å². The zero-order chi connectivity index (χ0) is 21.0. The van der Waals surface area contributed by atoms with Crippen LogP contribution in [-0.4, -0.2) is 29.7 Å². The minimum absolute atomic E-state index is 0.0199. The van der Waals surface area contributed by atoms with Crippen LogP contribution >= 0.6 is 11.6 Å². The largest absolute Gasteiger partial charge is 0.496 e. The maximum Gasteiger partial charge on any atom is 0.273 e. The molecular formula is C21H20ClN3O4. The van der Waals surface area contributed by atoms with E-state index in [0.29, 0.717) is 10.8 Å². The van der Waals surface area contributed by atoms with Crippen LogP contribution in [0.15, 0.2) is 48.7 Å². The maximum atomic E-state index is 12.5. The van der Waals surface area contributed by atoms with Crippen molar-refractivity contribution in [2.75, 3.05) is 7.11 Å². The fraction of sp³-hybridized carbons (Fsp3) is 0.190. The molecule has 0 radical (unpaired) electrons. The fourth-order valence-corrected chi connectivity index (χ4v) is 3.36. The number of amides is 3. The molecule has 150 valence electrons. The number of carbonyl (C=O) groups excluding carboxylic acids is 3. The van der Waals surface area contributed by atoms with Crippen molar-refractivity contribution < 1.29 is 19.1 Å². The summed E-state index contributed by atoms with van der Waals surface area (Å²) in [5, 5.41) is 0.366. The zero-order valence-corrected chi connectivity index (χ0v) is 16.7. The molecule has 0 aromatic heterocycles. The summed E-state index contributed by atoms with van der Waals surface area (Å²) in [6, 6.07) is 11.7. The van der Waals surface area contributed by atoms with Crippen molar-refractivity contribution in [3.63, 3.8) is 0 Å². The van der Waals surface area contributed by atoms with Gasteiger partial charge >= 0.3 is 0 Å². The lowest BCUT2D eigenvalue weighted by Crippen LogP contribution is -2.43. The second kappa shape index (κ2) is 8.79. The molecule has 0 saturated carbocycles. The molecular weight excluding hydrogens is 394 g/mol. The predicted octanol–water partition coefficient (Wildman–Crippen LogP) is 3.07. The Morgan fingerprint density at radius 1 is 1.14 bits per heavy atom. The predicted molar refractivity (Wildman–Crippen MR) is 109 cm³/mol. The molecule has 3 rings (SSSR count). The Bertz CT molecular complexity index is 990. The van der Waals surface area contributed by atoms with Gasteiger partial charge in [-0.3, -0.25) is 25.2 Å². The average Bonchev–Trinajstić information content (AvgIpc) is 2.72. The van der Waals surface area contributed by atoms with Crippen molar-refractivity contribution in [2.24, 2.45) is 0 Å². The monoisotopic (exact) mass is 413 g/mol. The van der Waals surface area contributed by atoms with E-state index in [9.17, 15) is 14.4 Å². The normalized spacial score (nSPS) is 14.7. The van der Waals surface area contributed by atoms with E-state index in [-0.39, 0.29) is 17.9 Å². The number of hydrogen-bond donors (Lipinski definition) is 2. The molecule has 1 aliphatic rings. The number of fused-ring (bicyclic) bond motifs is 1. The van der Waals surface area contributed by atoms with Crippen LogP contribution in [0.5, 0.6) is 5.75 Å². The molecule has 0 unspecified atom stereocenters. The van der Waals surface area contributed by atoms with E-state index in [1.165, 1.54) is 25.0 Å². The molecule has 8 heteroatoms. The highest BCUT2D eigenvalue weighted by atomic mass is 35.5. The van der Waals surface area contributed by atoms with Gasteiger partial charge in [-0.2, -0.15) is 0 Å². The highest BCUT2D eigenvalue weighted by Crippen LogP contribution is 2.32. The minimum atomic E-state index is -0.565. The number of nitrogens with one attached hydrogen (secondary N) is 2. The number of hydrazine groups is 1. The van der Waals surface area contributed by atoms with Gasteiger partial charge in [0.1, 0.15) is 5.75 Å². The third-order valence-corrected chi connectivity index (χ3v) is 4.80. The van der Waals surface area contributed by atoms with Gasteiger partial charge in [0, 0.05) is 18.1 Å². The average molecular weight is 414 g/mol. The molecule has 0 fully saturated rings. The zero-order valence-electron chi connectivity index (χ0n) is 15.9. The molecule has 2 aromatic carbocycles. The van der Waals surface area contributed by atoms with E-state index in [4.69, 9.17) is 16.3 Å². The fourth-order valence-electron chi connectivity index (χ4n) is 3.19. The Labute approximate surface area is 173 Å². The lowest BCUT2D eigenvalue weighted by Gasteiger charge is -2.32. The number of carbonyl (C=O) groups is 3. The van der Waals surface area contributed by atoms with E-state index in [0.717, 1.165) is 11.1 Å². The van der Waals surface area contributed by atoms with Crippen molar-refractivity contribution in [1.29, 1.82) is 0 Å². The number of benzene rings is 2. The van der Waals surface area contributed by atoms with Crippen molar-refractivity contribution in [1.82, 2.24) is 15.8 Å². The van der Waals surface area contributed by atoms with E-state index >= 15 is 0 Å². The minimum Gasteiger partial charge on any atom is -0.496 e. The highest BCUT2D eigenvalue weighted by molar-refractivity contribution is 6.31. The second-order valence-electron chi connectivity index (χ2n) is 6.44. The first-order valence-corrected chi connectivity index (χ1v) is 9.27. The Morgan fingerprint density at radius 2 is 1.90 bits per heavy atom. The van der Waals surface area contributed by atoms with Gasteiger partial charge in [-0.25, -0.2) is 0 Å². The summed E-state index contributed by atoms with van der Waals surface area (Å²) in [4.78, 5) is 38.4. The molecule has 0 saturated heterocycles. The molecule has 2 aromatic rings. The number of halogens is 1. The molecule has 0 aliphatic carbocycles. The van der Waals surface area contributed by atoms with Gasteiger partial charge in [0.2, 0.25) is 11.8 Å². The molecule has 1 aliphatic heterocycles. The molecule has 0 spiro atoms. The maximum absolute atomic E-state index is 12.5. The quantitative estimate of drug-likeness (QED) is 0.754. The van der Waals surface area contributed by atoms with Gasteiger partial charge in [-0.05, 0) is 35.4 Å². The molecule has 7 nitrogen and oxygen atoms in total. The van der Waals surface area contributed by atoms with E-state index in [1.54, 1.807) is 18.3 Å².